The van der Waals surface area contributed by atoms with E-state index in [-0.39, 0.29) is 24.8 Å². The number of benzene rings is 2. The number of imidazole rings is 1. The highest BCUT2D eigenvalue weighted by Crippen LogP contribution is 2.29. The molecule has 0 radical (unpaired) electrons. The van der Waals surface area contributed by atoms with E-state index >= 15 is 0 Å². The fourth-order valence-electron chi connectivity index (χ4n) is 2.34. The summed E-state index contributed by atoms with van der Waals surface area (Å²) in [6.45, 7) is 1.55. The number of H-pyrrole nitrogens is 1. The van der Waals surface area contributed by atoms with Gasteiger partial charge in [-0.2, -0.15) is 0 Å². The van der Waals surface area contributed by atoms with Gasteiger partial charge in [-0.05, 0) is 23.8 Å². The first kappa shape index (κ1) is 21.3. The first-order valence-electron chi connectivity index (χ1n) is 7.38. The van der Waals surface area contributed by atoms with Gasteiger partial charge in [0.1, 0.15) is 11.6 Å². The maximum atomic E-state index is 6.05. The summed E-state index contributed by atoms with van der Waals surface area (Å²) in [4.78, 5) is 7.74. The predicted molar refractivity (Wildman–Crippen MR) is 107 cm³/mol. The van der Waals surface area contributed by atoms with Crippen LogP contribution in [0.2, 0.25) is 5.02 Å². The highest BCUT2D eigenvalue weighted by atomic mass is 35.5. The van der Waals surface area contributed by atoms with Crippen molar-refractivity contribution < 1.29 is 4.74 Å². The van der Waals surface area contributed by atoms with Crippen LogP contribution in [0.15, 0.2) is 54.7 Å². The van der Waals surface area contributed by atoms with Crippen LogP contribution in [0.1, 0.15) is 11.3 Å². The lowest BCUT2D eigenvalue weighted by molar-refractivity contribution is 0.415. The summed E-state index contributed by atoms with van der Waals surface area (Å²) in [5.74, 6) is 1.45. The molecule has 0 aliphatic rings. The number of rotatable bonds is 6. The molecule has 0 atom stereocenters. The Hall–Kier alpha value is -1.72. The molecule has 0 aliphatic carbocycles. The molecule has 0 aliphatic heterocycles. The van der Waals surface area contributed by atoms with Crippen molar-refractivity contribution in [2.75, 3.05) is 7.11 Å². The standard InChI is InChI=1S/C18H18ClN3O.2ClH/c1-23-17-9-14(7-8-16(17)19)18-21-12-15(22-18)11-20-10-13-5-3-2-4-6-13;;/h2-9,12,20H,10-11H2,1H3,(H,21,22);2*1H. The van der Waals surface area contributed by atoms with Crippen LogP contribution in [0.25, 0.3) is 11.4 Å². The van der Waals surface area contributed by atoms with Gasteiger partial charge in [-0.3, -0.25) is 0 Å². The van der Waals surface area contributed by atoms with Crippen molar-refractivity contribution in [3.05, 3.63) is 71.0 Å². The van der Waals surface area contributed by atoms with Gasteiger partial charge >= 0.3 is 0 Å². The number of methoxy groups -OCH3 is 1. The topological polar surface area (TPSA) is 49.9 Å². The average Bonchev–Trinajstić information content (AvgIpc) is 3.05. The summed E-state index contributed by atoms with van der Waals surface area (Å²) < 4.78 is 5.24. The van der Waals surface area contributed by atoms with E-state index in [4.69, 9.17) is 16.3 Å². The SMILES string of the molecule is COc1cc(-c2ncc(CNCc3ccccc3)[nH]2)ccc1Cl.Cl.Cl. The first-order chi connectivity index (χ1) is 11.3. The third-order valence-corrected chi connectivity index (χ3v) is 3.85. The predicted octanol–water partition coefficient (Wildman–Crippen LogP) is 4.87. The average molecular weight is 401 g/mol. The Bertz CT molecular complexity index is 778. The largest absolute Gasteiger partial charge is 0.495 e. The smallest absolute Gasteiger partial charge is 0.138 e. The molecule has 0 unspecified atom stereocenters. The molecular formula is C18H20Cl3N3O. The fraction of sp³-hybridized carbons (Fsp3) is 0.167. The van der Waals surface area contributed by atoms with Crippen LogP contribution in [0.3, 0.4) is 0 Å². The van der Waals surface area contributed by atoms with Crippen molar-refractivity contribution in [1.29, 1.82) is 0 Å². The highest BCUT2D eigenvalue weighted by molar-refractivity contribution is 6.32. The summed E-state index contributed by atoms with van der Waals surface area (Å²) in [6, 6.07) is 15.9. The molecule has 4 nitrogen and oxygen atoms in total. The lowest BCUT2D eigenvalue weighted by Gasteiger charge is -2.05. The van der Waals surface area contributed by atoms with E-state index in [9.17, 15) is 0 Å². The molecule has 134 valence electrons. The third kappa shape index (κ3) is 5.65. The van der Waals surface area contributed by atoms with Gasteiger partial charge in [0, 0.05) is 30.5 Å². The molecule has 7 heteroatoms. The molecule has 2 aromatic carbocycles. The first-order valence-corrected chi connectivity index (χ1v) is 7.76. The Kier molecular flexibility index (Phi) is 8.79. The number of nitrogens with one attached hydrogen (secondary N) is 2. The number of ether oxygens (including phenoxy) is 1. The van der Waals surface area contributed by atoms with Crippen molar-refractivity contribution in [2.24, 2.45) is 0 Å². The molecule has 0 fully saturated rings. The Morgan fingerprint density at radius 1 is 1.08 bits per heavy atom. The zero-order valence-corrected chi connectivity index (χ0v) is 16.0. The molecule has 25 heavy (non-hydrogen) atoms. The molecule has 0 saturated heterocycles. The van der Waals surface area contributed by atoms with Crippen LogP contribution >= 0.6 is 36.4 Å². The summed E-state index contributed by atoms with van der Waals surface area (Å²) in [5.41, 5.74) is 3.24. The van der Waals surface area contributed by atoms with Crippen molar-refractivity contribution in [2.45, 2.75) is 13.1 Å². The molecular weight excluding hydrogens is 381 g/mol. The Morgan fingerprint density at radius 2 is 1.84 bits per heavy atom. The zero-order valence-electron chi connectivity index (χ0n) is 13.7. The number of hydrogen-bond donors (Lipinski definition) is 2. The van der Waals surface area contributed by atoms with E-state index in [0.29, 0.717) is 10.8 Å². The molecule has 0 saturated carbocycles. The second-order valence-electron chi connectivity index (χ2n) is 5.20. The van der Waals surface area contributed by atoms with Gasteiger partial charge < -0.3 is 15.0 Å². The van der Waals surface area contributed by atoms with Crippen LogP contribution < -0.4 is 10.1 Å². The van der Waals surface area contributed by atoms with E-state index in [2.05, 4.69) is 27.4 Å². The van der Waals surface area contributed by atoms with Crippen molar-refractivity contribution >= 4 is 36.4 Å². The van der Waals surface area contributed by atoms with Crippen LogP contribution in [0.4, 0.5) is 0 Å². The van der Waals surface area contributed by atoms with Crippen LogP contribution in [-0.2, 0) is 13.1 Å². The monoisotopic (exact) mass is 399 g/mol. The molecule has 0 amide bonds. The maximum Gasteiger partial charge on any atom is 0.138 e. The minimum atomic E-state index is 0. The van der Waals surface area contributed by atoms with Gasteiger partial charge in [0.2, 0.25) is 0 Å². The second kappa shape index (κ2) is 10.3. The van der Waals surface area contributed by atoms with Gasteiger partial charge in [0.15, 0.2) is 0 Å². The summed E-state index contributed by atoms with van der Waals surface area (Å²) in [7, 11) is 1.60. The van der Waals surface area contributed by atoms with Crippen molar-refractivity contribution in [3.8, 4) is 17.1 Å². The Balaban J connectivity index is 0.00000156. The van der Waals surface area contributed by atoms with Gasteiger partial charge in [0.05, 0.1) is 12.1 Å². The molecule has 0 spiro atoms. The molecule has 2 N–H and O–H groups in total. The van der Waals surface area contributed by atoms with Gasteiger partial charge in [-0.1, -0.05) is 41.9 Å². The minimum Gasteiger partial charge on any atom is -0.495 e. The molecule has 1 heterocycles. The molecule has 3 rings (SSSR count). The maximum absolute atomic E-state index is 6.05. The van der Waals surface area contributed by atoms with Gasteiger partial charge in [0.25, 0.3) is 0 Å². The number of nitrogens with zero attached hydrogens (tertiary/aromatic N) is 1. The van der Waals surface area contributed by atoms with Crippen molar-refractivity contribution in [3.63, 3.8) is 0 Å². The fourth-order valence-corrected chi connectivity index (χ4v) is 2.53. The van der Waals surface area contributed by atoms with E-state index in [1.165, 1.54) is 5.56 Å². The number of hydrogen-bond acceptors (Lipinski definition) is 3. The number of aromatic amines is 1. The van der Waals surface area contributed by atoms with Gasteiger partial charge in [-0.25, -0.2) is 4.98 Å². The molecule has 0 bridgehead atoms. The summed E-state index contributed by atoms with van der Waals surface area (Å²) >= 11 is 6.05. The van der Waals surface area contributed by atoms with E-state index in [1.54, 1.807) is 7.11 Å². The van der Waals surface area contributed by atoms with E-state index < -0.39 is 0 Å². The van der Waals surface area contributed by atoms with Crippen LogP contribution in [0.5, 0.6) is 5.75 Å². The molecule has 3 aromatic rings. The summed E-state index contributed by atoms with van der Waals surface area (Å²) in [5, 5.41) is 3.99. The van der Waals surface area contributed by atoms with Gasteiger partial charge in [-0.15, -0.1) is 24.8 Å². The van der Waals surface area contributed by atoms with E-state index in [0.717, 1.165) is 30.2 Å². The quantitative estimate of drug-likeness (QED) is 0.620. The Morgan fingerprint density at radius 3 is 2.56 bits per heavy atom. The normalized spacial score (nSPS) is 9.84. The lowest BCUT2D eigenvalue weighted by atomic mass is 10.2. The number of aromatic nitrogens is 2. The summed E-state index contributed by atoms with van der Waals surface area (Å²) in [6.07, 6.45) is 1.84. The second-order valence-corrected chi connectivity index (χ2v) is 5.60. The third-order valence-electron chi connectivity index (χ3n) is 3.54. The van der Waals surface area contributed by atoms with Crippen molar-refractivity contribution in [1.82, 2.24) is 15.3 Å². The minimum absolute atomic E-state index is 0. The highest BCUT2D eigenvalue weighted by Gasteiger charge is 2.07. The van der Waals surface area contributed by atoms with Crippen LogP contribution in [0, 0.1) is 0 Å². The number of halogens is 3. The molecule has 1 aromatic heterocycles. The Labute approximate surface area is 164 Å². The zero-order chi connectivity index (χ0) is 16.1. The van der Waals surface area contributed by atoms with E-state index in [1.807, 2.05) is 42.6 Å². The lowest BCUT2D eigenvalue weighted by Crippen LogP contribution is -2.12. The van der Waals surface area contributed by atoms with Crippen LogP contribution in [-0.4, -0.2) is 17.1 Å².